The van der Waals surface area contributed by atoms with E-state index >= 15 is 0 Å². The maximum absolute atomic E-state index is 11.7. The van der Waals surface area contributed by atoms with Gasteiger partial charge in [-0.05, 0) is 17.7 Å². The second kappa shape index (κ2) is 4.49. The van der Waals surface area contributed by atoms with Crippen LogP contribution in [0.25, 0.3) is 0 Å². The Hall–Kier alpha value is -1.75. The molecule has 0 amide bonds. The molecule has 2 aromatic rings. The molecule has 1 atom stereocenters. The molecule has 0 bridgehead atoms. The Morgan fingerprint density at radius 3 is 3.06 bits per heavy atom. The summed E-state index contributed by atoms with van der Waals surface area (Å²) in [4.78, 5) is 13.0. The summed E-state index contributed by atoms with van der Waals surface area (Å²) in [5.74, 6) is 1.70. The lowest BCUT2D eigenvalue weighted by molar-refractivity contribution is 0.525. The van der Waals surface area contributed by atoms with Crippen molar-refractivity contribution in [2.24, 2.45) is 0 Å². The van der Waals surface area contributed by atoms with Crippen molar-refractivity contribution in [3.63, 3.8) is 0 Å². The summed E-state index contributed by atoms with van der Waals surface area (Å²) in [6.45, 7) is 0.591. The smallest absolute Gasteiger partial charge is 0.266 e. The van der Waals surface area contributed by atoms with Crippen LogP contribution in [0.4, 0.5) is 5.82 Å². The number of nitrogens with two attached hydrogens (primary N) is 1. The van der Waals surface area contributed by atoms with Gasteiger partial charge in [-0.3, -0.25) is 4.79 Å². The molecule has 0 saturated carbocycles. The molecule has 92 valence electrons. The highest BCUT2D eigenvalue weighted by Gasteiger charge is 2.23. The number of fused-ring (bicyclic) bond motifs is 1. The number of nitrogen functional groups attached to an aromatic ring is 1. The number of benzene rings is 1. The van der Waals surface area contributed by atoms with Crippen LogP contribution in [-0.2, 0) is 6.54 Å². The fourth-order valence-electron chi connectivity index (χ4n) is 2.18. The van der Waals surface area contributed by atoms with E-state index in [1.165, 1.54) is 27.3 Å². The third-order valence-electron chi connectivity index (χ3n) is 3.08. The average molecular weight is 259 g/mol. The Morgan fingerprint density at radius 2 is 2.17 bits per heavy atom. The minimum atomic E-state index is -0.0985. The van der Waals surface area contributed by atoms with E-state index in [2.05, 4.69) is 17.2 Å². The third-order valence-corrected chi connectivity index (χ3v) is 4.33. The van der Waals surface area contributed by atoms with E-state index in [1.54, 1.807) is 0 Å². The van der Waals surface area contributed by atoms with Gasteiger partial charge in [-0.2, -0.15) is 5.10 Å². The topological polar surface area (TPSA) is 60.9 Å². The summed E-state index contributed by atoms with van der Waals surface area (Å²) in [6.07, 6.45) is 0. The summed E-state index contributed by atoms with van der Waals surface area (Å²) in [5, 5.41) is 4.08. The monoisotopic (exact) mass is 259 g/mol. The zero-order chi connectivity index (χ0) is 12.5. The molecule has 2 heterocycles. The summed E-state index contributed by atoms with van der Waals surface area (Å²) < 4.78 is 1.46. The molecule has 0 radical (unpaired) electrons. The van der Waals surface area contributed by atoms with Crippen LogP contribution >= 0.6 is 11.8 Å². The average Bonchev–Trinajstić information content (AvgIpc) is 2.78. The van der Waals surface area contributed by atoms with E-state index in [-0.39, 0.29) is 5.56 Å². The molecule has 5 heteroatoms. The molecular weight excluding hydrogens is 246 g/mol. The Bertz CT molecular complexity index is 638. The van der Waals surface area contributed by atoms with Gasteiger partial charge in [-0.15, -0.1) is 11.8 Å². The van der Waals surface area contributed by atoms with Crippen LogP contribution in [0.5, 0.6) is 0 Å². The van der Waals surface area contributed by atoms with Gasteiger partial charge in [-0.1, -0.05) is 18.2 Å². The predicted molar refractivity (Wildman–Crippen MR) is 72.8 cm³/mol. The molecule has 18 heavy (non-hydrogen) atoms. The van der Waals surface area contributed by atoms with Crippen molar-refractivity contribution in [1.82, 2.24) is 9.78 Å². The van der Waals surface area contributed by atoms with Crippen LogP contribution in [0, 0.1) is 0 Å². The molecule has 4 nitrogen and oxygen atoms in total. The van der Waals surface area contributed by atoms with Crippen LogP contribution in [0.3, 0.4) is 0 Å². The Balaban J connectivity index is 1.91. The van der Waals surface area contributed by atoms with E-state index in [0.717, 1.165) is 5.75 Å². The van der Waals surface area contributed by atoms with E-state index < -0.39 is 0 Å². The molecule has 0 aliphatic carbocycles. The minimum absolute atomic E-state index is 0.0985. The number of hydrogen-bond acceptors (Lipinski definition) is 4. The highest BCUT2D eigenvalue weighted by atomic mass is 32.2. The van der Waals surface area contributed by atoms with Crippen LogP contribution in [0.1, 0.15) is 11.5 Å². The van der Waals surface area contributed by atoms with Gasteiger partial charge in [0.15, 0.2) is 0 Å². The summed E-state index contributed by atoms with van der Waals surface area (Å²) in [6, 6.07) is 11.3. The van der Waals surface area contributed by atoms with Crippen molar-refractivity contribution in [3.8, 4) is 0 Å². The Labute approximate surface area is 109 Å². The van der Waals surface area contributed by atoms with Crippen molar-refractivity contribution in [3.05, 3.63) is 52.3 Å². The first-order chi connectivity index (χ1) is 8.74. The van der Waals surface area contributed by atoms with Gasteiger partial charge in [-0.25, -0.2) is 4.68 Å². The standard InChI is InChI=1S/C13H13N3OS/c14-12-5-6-13(17)16(15-12)7-9-8-18-11-4-2-1-3-10(9)11/h1-6,9H,7-8H2,(H2,14,15). The van der Waals surface area contributed by atoms with Gasteiger partial charge >= 0.3 is 0 Å². The molecule has 1 aromatic carbocycles. The zero-order valence-corrected chi connectivity index (χ0v) is 10.6. The van der Waals surface area contributed by atoms with Gasteiger partial charge in [0, 0.05) is 22.6 Å². The SMILES string of the molecule is Nc1ccc(=O)n(CC2CSc3ccccc32)n1. The molecule has 3 rings (SSSR count). The Kier molecular flexibility index (Phi) is 2.83. The highest BCUT2D eigenvalue weighted by Crippen LogP contribution is 2.39. The number of nitrogens with zero attached hydrogens (tertiary/aromatic N) is 2. The number of thioether (sulfide) groups is 1. The second-order valence-corrected chi connectivity index (χ2v) is 5.39. The van der Waals surface area contributed by atoms with E-state index in [9.17, 15) is 4.79 Å². The number of anilines is 1. The van der Waals surface area contributed by atoms with Crippen molar-refractivity contribution >= 4 is 17.6 Å². The quantitative estimate of drug-likeness (QED) is 0.892. The first-order valence-corrected chi connectivity index (χ1v) is 6.78. The lowest BCUT2D eigenvalue weighted by Gasteiger charge is -2.11. The van der Waals surface area contributed by atoms with Gasteiger partial charge in [0.2, 0.25) is 0 Å². The maximum atomic E-state index is 11.7. The molecule has 1 unspecified atom stereocenters. The van der Waals surface area contributed by atoms with E-state index in [4.69, 9.17) is 5.73 Å². The lowest BCUT2D eigenvalue weighted by Crippen LogP contribution is -2.25. The summed E-state index contributed by atoms with van der Waals surface area (Å²) in [5.41, 5.74) is 6.83. The summed E-state index contributed by atoms with van der Waals surface area (Å²) in [7, 11) is 0. The van der Waals surface area contributed by atoms with Crippen molar-refractivity contribution in [2.45, 2.75) is 17.4 Å². The van der Waals surface area contributed by atoms with Crippen molar-refractivity contribution < 1.29 is 0 Å². The molecule has 0 spiro atoms. The fourth-order valence-corrected chi connectivity index (χ4v) is 3.43. The van der Waals surface area contributed by atoms with Gasteiger partial charge in [0.1, 0.15) is 5.82 Å². The normalized spacial score (nSPS) is 17.7. The lowest BCUT2D eigenvalue weighted by atomic mass is 10.0. The van der Waals surface area contributed by atoms with Crippen LogP contribution in [-0.4, -0.2) is 15.5 Å². The van der Waals surface area contributed by atoms with Gasteiger partial charge in [0.25, 0.3) is 5.56 Å². The maximum Gasteiger partial charge on any atom is 0.266 e. The van der Waals surface area contributed by atoms with E-state index in [1.807, 2.05) is 23.9 Å². The van der Waals surface area contributed by atoms with Gasteiger partial charge < -0.3 is 5.73 Å². The first-order valence-electron chi connectivity index (χ1n) is 5.79. The summed E-state index contributed by atoms with van der Waals surface area (Å²) >= 11 is 1.83. The third kappa shape index (κ3) is 2.01. The molecule has 1 aliphatic heterocycles. The van der Waals surface area contributed by atoms with E-state index in [0.29, 0.717) is 18.3 Å². The molecule has 0 fully saturated rings. The van der Waals surface area contributed by atoms with Crippen LogP contribution in [0.2, 0.25) is 0 Å². The van der Waals surface area contributed by atoms with Crippen LogP contribution in [0.15, 0.2) is 46.1 Å². The van der Waals surface area contributed by atoms with Crippen LogP contribution < -0.4 is 11.3 Å². The molecule has 1 aromatic heterocycles. The zero-order valence-electron chi connectivity index (χ0n) is 9.74. The van der Waals surface area contributed by atoms with Gasteiger partial charge in [0.05, 0.1) is 6.54 Å². The molecule has 1 aliphatic rings. The second-order valence-electron chi connectivity index (χ2n) is 4.32. The minimum Gasteiger partial charge on any atom is -0.382 e. The molecular formula is C13H13N3OS. The van der Waals surface area contributed by atoms with Crippen molar-refractivity contribution in [1.29, 1.82) is 0 Å². The number of hydrogen-bond donors (Lipinski definition) is 1. The highest BCUT2D eigenvalue weighted by molar-refractivity contribution is 7.99. The molecule has 2 N–H and O–H groups in total. The largest absolute Gasteiger partial charge is 0.382 e. The fraction of sp³-hybridized carbons (Fsp3) is 0.231. The van der Waals surface area contributed by atoms with Crippen molar-refractivity contribution in [2.75, 3.05) is 11.5 Å². The predicted octanol–water partition coefficient (Wildman–Crippen LogP) is 1.71. The first kappa shape index (κ1) is 11.3. The number of aromatic nitrogens is 2. The number of rotatable bonds is 2. The Morgan fingerprint density at radius 1 is 1.33 bits per heavy atom. The molecule has 0 saturated heterocycles.